The Morgan fingerprint density at radius 2 is 1.97 bits per heavy atom. The van der Waals surface area contributed by atoms with Gasteiger partial charge in [-0.1, -0.05) is 18.2 Å². The first-order chi connectivity index (χ1) is 17.2. The van der Waals surface area contributed by atoms with Crippen molar-refractivity contribution < 1.29 is 33.0 Å². The third-order valence-corrected chi connectivity index (χ3v) is 8.15. The van der Waals surface area contributed by atoms with Crippen LogP contribution in [0.3, 0.4) is 0 Å². The molecule has 204 valence electrons. The SMILES string of the molecule is CC(C)OC(=O)[C@@H](C)N[P@](=O)(OC[C@H]1O[C@@H](n2cc(I)c(=O)[nH]c2=O)[C@](C)(Cl)[C@@H]1O)Oc1ccccc1. The van der Waals surface area contributed by atoms with Crippen molar-refractivity contribution in [3.8, 4) is 5.75 Å². The lowest BCUT2D eigenvalue weighted by Gasteiger charge is -2.26. The standard InChI is InChI=1S/C22H28ClIN3O9P/c1-12(2)34-19(30)13(3)26-37(32,36-14-8-6-5-7-9-14)33-11-16-17(28)22(4,23)20(35-16)27-10-15(24)18(29)25-21(27)31/h5-10,12-13,16-17,20,28H,11H2,1-4H3,(H,26,32)(H,25,29,31)/t13-,16-,17-,20-,22-,37+/m1/s1. The largest absolute Gasteiger partial charge is 0.462 e. The van der Waals surface area contributed by atoms with E-state index in [9.17, 15) is 24.1 Å². The fourth-order valence-corrected chi connectivity index (χ4v) is 5.73. The Hall–Kier alpha value is -1.74. The van der Waals surface area contributed by atoms with E-state index in [0.29, 0.717) is 0 Å². The second kappa shape index (κ2) is 12.0. The van der Waals surface area contributed by atoms with E-state index in [4.69, 9.17) is 30.1 Å². The van der Waals surface area contributed by atoms with Crippen molar-refractivity contribution in [3.63, 3.8) is 0 Å². The quantitative estimate of drug-likeness (QED) is 0.148. The number of carbonyl (C=O) groups excluding carboxylic acids is 1. The summed E-state index contributed by atoms with van der Waals surface area (Å²) in [5.41, 5.74) is -1.36. The van der Waals surface area contributed by atoms with E-state index in [1.54, 1.807) is 66.8 Å². The van der Waals surface area contributed by atoms with Crippen molar-refractivity contribution in [1.82, 2.24) is 14.6 Å². The molecule has 2 heterocycles. The lowest BCUT2D eigenvalue weighted by atomic mass is 10.0. The molecule has 1 saturated heterocycles. The van der Waals surface area contributed by atoms with Crippen LogP contribution < -0.4 is 20.9 Å². The number of nitrogens with zero attached hydrogens (tertiary/aromatic N) is 1. The van der Waals surface area contributed by atoms with E-state index < -0.39 is 67.0 Å². The van der Waals surface area contributed by atoms with Crippen molar-refractivity contribution in [2.45, 2.75) is 63.2 Å². The molecule has 0 aliphatic carbocycles. The minimum Gasteiger partial charge on any atom is -0.462 e. The number of rotatable bonds is 10. The number of aromatic nitrogens is 2. The molecule has 1 fully saturated rings. The van der Waals surface area contributed by atoms with Gasteiger partial charge in [0.25, 0.3) is 5.56 Å². The number of H-pyrrole nitrogens is 1. The maximum absolute atomic E-state index is 13.7. The van der Waals surface area contributed by atoms with Crippen LogP contribution in [0.1, 0.15) is 33.9 Å². The number of benzene rings is 1. The molecule has 37 heavy (non-hydrogen) atoms. The molecule has 2 aromatic rings. The zero-order valence-corrected chi connectivity index (χ0v) is 24.2. The summed E-state index contributed by atoms with van der Waals surface area (Å²) < 4.78 is 37.1. The molecular formula is C22H28ClIN3O9P. The molecule has 12 nitrogen and oxygen atoms in total. The van der Waals surface area contributed by atoms with Crippen molar-refractivity contribution in [3.05, 3.63) is 60.9 Å². The summed E-state index contributed by atoms with van der Waals surface area (Å²) in [5, 5.41) is 13.4. The fourth-order valence-electron chi connectivity index (χ4n) is 3.49. The second-order valence-corrected chi connectivity index (χ2v) is 12.5. The third kappa shape index (κ3) is 7.22. The Morgan fingerprint density at radius 1 is 1.32 bits per heavy atom. The molecular weight excluding hydrogens is 644 g/mol. The number of halogens is 2. The second-order valence-electron chi connectivity index (χ2n) is 8.80. The summed E-state index contributed by atoms with van der Waals surface area (Å²) >= 11 is 8.32. The van der Waals surface area contributed by atoms with Gasteiger partial charge in [-0.15, -0.1) is 11.6 Å². The van der Waals surface area contributed by atoms with Crippen LogP contribution in [0, 0.1) is 3.57 Å². The van der Waals surface area contributed by atoms with Gasteiger partial charge in [-0.25, -0.2) is 9.36 Å². The summed E-state index contributed by atoms with van der Waals surface area (Å²) in [6.45, 7) is 5.75. The molecule has 1 aliphatic heterocycles. The van der Waals surface area contributed by atoms with E-state index in [0.717, 1.165) is 4.57 Å². The highest BCUT2D eigenvalue weighted by molar-refractivity contribution is 14.1. The monoisotopic (exact) mass is 671 g/mol. The zero-order chi connectivity index (χ0) is 27.5. The molecule has 1 aliphatic rings. The third-order valence-electron chi connectivity index (χ3n) is 5.33. The number of nitrogens with one attached hydrogen (secondary N) is 2. The molecule has 6 atom stereocenters. The van der Waals surface area contributed by atoms with Gasteiger partial charge in [0.1, 0.15) is 28.9 Å². The number of hydrogen-bond acceptors (Lipinski definition) is 9. The molecule has 0 radical (unpaired) electrons. The minimum absolute atomic E-state index is 0.199. The molecule has 0 saturated carbocycles. The molecule has 0 unspecified atom stereocenters. The number of hydrogen-bond donors (Lipinski definition) is 3. The molecule has 3 rings (SSSR count). The normalized spacial score (nSPS) is 26.0. The van der Waals surface area contributed by atoms with Gasteiger partial charge in [-0.2, -0.15) is 5.09 Å². The molecule has 0 amide bonds. The summed E-state index contributed by atoms with van der Waals surface area (Å²) in [5.74, 6) is -0.474. The lowest BCUT2D eigenvalue weighted by Crippen LogP contribution is -2.43. The fraction of sp³-hybridized carbons (Fsp3) is 0.500. The van der Waals surface area contributed by atoms with E-state index in [2.05, 4.69) is 10.1 Å². The molecule has 1 aromatic heterocycles. The van der Waals surface area contributed by atoms with Gasteiger partial charge >= 0.3 is 19.4 Å². The first-order valence-electron chi connectivity index (χ1n) is 11.2. The molecule has 15 heteroatoms. The lowest BCUT2D eigenvalue weighted by molar-refractivity contribution is -0.149. The van der Waals surface area contributed by atoms with Crippen LogP contribution >= 0.6 is 41.9 Å². The average Bonchev–Trinajstić information content (AvgIpc) is 3.03. The van der Waals surface area contributed by atoms with Gasteiger partial charge in [0, 0.05) is 6.20 Å². The number of aliphatic hydroxyl groups excluding tert-OH is 1. The molecule has 0 bridgehead atoms. The van der Waals surface area contributed by atoms with E-state index in [-0.39, 0.29) is 9.32 Å². The van der Waals surface area contributed by atoms with Crippen LogP contribution in [-0.4, -0.2) is 56.5 Å². The van der Waals surface area contributed by atoms with Crippen LogP contribution in [-0.2, 0) is 23.4 Å². The first-order valence-corrected chi connectivity index (χ1v) is 14.2. The number of esters is 1. The van der Waals surface area contributed by atoms with Crippen LogP contribution in [0.25, 0.3) is 0 Å². The topological polar surface area (TPSA) is 158 Å². The minimum atomic E-state index is -4.23. The van der Waals surface area contributed by atoms with Crippen molar-refractivity contribution in [2.24, 2.45) is 0 Å². The maximum atomic E-state index is 13.7. The van der Waals surface area contributed by atoms with Crippen molar-refractivity contribution >= 4 is 47.9 Å². The van der Waals surface area contributed by atoms with E-state index in [1.165, 1.54) is 20.0 Å². The summed E-state index contributed by atoms with van der Waals surface area (Å²) in [7, 11) is -4.23. The predicted molar refractivity (Wildman–Crippen MR) is 143 cm³/mol. The van der Waals surface area contributed by atoms with Gasteiger partial charge in [0.05, 0.1) is 16.3 Å². The van der Waals surface area contributed by atoms with Crippen LogP contribution in [0.5, 0.6) is 5.75 Å². The zero-order valence-electron chi connectivity index (χ0n) is 20.4. The summed E-state index contributed by atoms with van der Waals surface area (Å²) in [6, 6.07) is 7.08. The van der Waals surface area contributed by atoms with Crippen molar-refractivity contribution in [2.75, 3.05) is 6.61 Å². The summed E-state index contributed by atoms with van der Waals surface area (Å²) in [6.07, 6.45) is -2.87. The van der Waals surface area contributed by atoms with Gasteiger partial charge in [-0.3, -0.25) is 23.7 Å². The van der Waals surface area contributed by atoms with Gasteiger partial charge in [0.2, 0.25) is 0 Å². The highest BCUT2D eigenvalue weighted by Crippen LogP contribution is 2.48. The molecule has 0 spiro atoms. The number of ether oxygens (including phenoxy) is 2. The first kappa shape index (κ1) is 29.8. The Bertz CT molecular complexity index is 1270. The average molecular weight is 672 g/mol. The van der Waals surface area contributed by atoms with Gasteiger partial charge < -0.3 is 19.1 Å². The number of carbonyl (C=O) groups is 1. The number of aliphatic hydroxyl groups is 1. The summed E-state index contributed by atoms with van der Waals surface area (Å²) in [4.78, 5) is 37.1. The van der Waals surface area contributed by atoms with E-state index >= 15 is 0 Å². The number of para-hydroxylation sites is 1. The number of alkyl halides is 1. The Kier molecular flexibility index (Phi) is 9.65. The highest BCUT2D eigenvalue weighted by atomic mass is 127. The molecule has 3 N–H and O–H groups in total. The van der Waals surface area contributed by atoms with Crippen molar-refractivity contribution in [1.29, 1.82) is 0 Å². The number of aromatic amines is 1. The van der Waals surface area contributed by atoms with Crippen LogP contribution in [0.2, 0.25) is 0 Å². The Balaban J connectivity index is 1.82. The van der Waals surface area contributed by atoms with Crippen LogP contribution in [0.4, 0.5) is 0 Å². The smallest absolute Gasteiger partial charge is 0.459 e. The van der Waals surface area contributed by atoms with Gasteiger partial charge in [-0.05, 0) is 62.4 Å². The Labute approximate surface area is 231 Å². The van der Waals surface area contributed by atoms with Gasteiger partial charge in [0.15, 0.2) is 6.23 Å². The molecule has 1 aromatic carbocycles. The maximum Gasteiger partial charge on any atom is 0.459 e. The highest BCUT2D eigenvalue weighted by Gasteiger charge is 2.54. The predicted octanol–water partition coefficient (Wildman–Crippen LogP) is 2.53. The van der Waals surface area contributed by atoms with E-state index in [1.807, 2.05) is 0 Å². The van der Waals surface area contributed by atoms with Crippen LogP contribution in [0.15, 0.2) is 46.1 Å². The Morgan fingerprint density at radius 3 is 2.59 bits per heavy atom.